The van der Waals surface area contributed by atoms with E-state index >= 15 is 0 Å². The highest BCUT2D eigenvalue weighted by Gasteiger charge is 2.11. The van der Waals surface area contributed by atoms with Crippen molar-refractivity contribution in [2.45, 2.75) is 13.2 Å². The van der Waals surface area contributed by atoms with Crippen LogP contribution in [-0.4, -0.2) is 22.0 Å². The maximum absolute atomic E-state index is 5.90. The smallest absolute Gasteiger partial charge is 0.162 e. The van der Waals surface area contributed by atoms with Crippen molar-refractivity contribution in [3.63, 3.8) is 0 Å². The Kier molecular flexibility index (Phi) is 5.78. The predicted molar refractivity (Wildman–Crippen MR) is 99.6 cm³/mol. The summed E-state index contributed by atoms with van der Waals surface area (Å²) in [5, 5.41) is 8.20. The minimum atomic E-state index is 0.429. The average molecular weight is 424 g/mol. The van der Waals surface area contributed by atoms with Gasteiger partial charge in [0.25, 0.3) is 0 Å². The van der Waals surface area contributed by atoms with Gasteiger partial charge < -0.3 is 14.9 Å². The van der Waals surface area contributed by atoms with Gasteiger partial charge in [-0.1, -0.05) is 39.7 Å². The Balaban J connectivity index is 1.71. The van der Waals surface area contributed by atoms with Crippen LogP contribution in [0.3, 0.4) is 0 Å². The van der Waals surface area contributed by atoms with E-state index in [0.29, 0.717) is 29.7 Å². The molecule has 0 fully saturated rings. The van der Waals surface area contributed by atoms with Gasteiger partial charge in [0, 0.05) is 9.50 Å². The second-order valence-corrected chi connectivity index (χ2v) is 6.50. The summed E-state index contributed by atoms with van der Waals surface area (Å²) in [7, 11) is 1.62. The summed E-state index contributed by atoms with van der Waals surface area (Å²) in [4.78, 5) is 0. The van der Waals surface area contributed by atoms with E-state index in [1.165, 1.54) is 0 Å². The maximum Gasteiger partial charge on any atom is 0.162 e. The summed E-state index contributed by atoms with van der Waals surface area (Å²) in [6.07, 6.45) is 3.18. The van der Waals surface area contributed by atoms with E-state index in [9.17, 15) is 0 Å². The highest BCUT2D eigenvalue weighted by atomic mass is 79.9. The third-order valence-electron chi connectivity index (χ3n) is 3.51. The number of aromatic nitrogens is 3. The van der Waals surface area contributed by atoms with Crippen LogP contribution in [0.2, 0.25) is 5.02 Å². The van der Waals surface area contributed by atoms with Crippen LogP contribution in [0.1, 0.15) is 11.1 Å². The minimum Gasteiger partial charge on any atom is -0.493 e. The molecular formula is C17H16BrClN4O2. The van der Waals surface area contributed by atoms with Gasteiger partial charge in [0.15, 0.2) is 11.5 Å². The van der Waals surface area contributed by atoms with Crippen molar-refractivity contribution in [1.29, 1.82) is 0 Å². The van der Waals surface area contributed by atoms with E-state index in [2.05, 4.69) is 31.6 Å². The van der Waals surface area contributed by atoms with Gasteiger partial charge in [-0.3, -0.25) is 0 Å². The Morgan fingerprint density at radius 3 is 2.52 bits per heavy atom. The van der Waals surface area contributed by atoms with E-state index < -0.39 is 0 Å². The van der Waals surface area contributed by atoms with Gasteiger partial charge in [0.05, 0.1) is 13.7 Å². The van der Waals surface area contributed by atoms with Crippen molar-refractivity contribution < 1.29 is 9.47 Å². The monoisotopic (exact) mass is 422 g/mol. The first-order valence-corrected chi connectivity index (χ1v) is 8.65. The summed E-state index contributed by atoms with van der Waals surface area (Å²) in [5.41, 5.74) is 5.22. The molecule has 8 heteroatoms. The zero-order chi connectivity index (χ0) is 17.6. The van der Waals surface area contributed by atoms with Crippen LogP contribution in [0.25, 0.3) is 0 Å². The molecule has 0 atom stereocenters. The summed E-state index contributed by atoms with van der Waals surface area (Å²) in [5.74, 6) is 1.33. The average Bonchev–Trinajstić information content (AvgIpc) is 3.14. The Morgan fingerprint density at radius 1 is 1.12 bits per heavy atom. The molecule has 3 aromatic rings. The van der Waals surface area contributed by atoms with Crippen LogP contribution >= 0.6 is 27.5 Å². The van der Waals surface area contributed by atoms with Crippen LogP contribution in [0.4, 0.5) is 0 Å². The van der Waals surface area contributed by atoms with Crippen molar-refractivity contribution in [3.8, 4) is 11.5 Å². The van der Waals surface area contributed by atoms with Crippen molar-refractivity contribution in [1.82, 2.24) is 14.9 Å². The first-order valence-electron chi connectivity index (χ1n) is 7.48. The fraction of sp³-hybridized carbons (Fsp3) is 0.176. The molecule has 6 nitrogen and oxygen atoms in total. The Morgan fingerprint density at radius 2 is 1.84 bits per heavy atom. The topological polar surface area (TPSA) is 61.2 Å². The van der Waals surface area contributed by atoms with Gasteiger partial charge in [-0.2, -0.15) is 0 Å². The molecule has 0 aliphatic carbocycles. The second-order valence-electron chi connectivity index (χ2n) is 5.21. The van der Waals surface area contributed by atoms with Gasteiger partial charge in [0.1, 0.15) is 19.3 Å². The lowest BCUT2D eigenvalue weighted by atomic mass is 10.2. The molecule has 0 unspecified atom stereocenters. The van der Waals surface area contributed by atoms with Crippen molar-refractivity contribution in [2.24, 2.45) is 0 Å². The normalized spacial score (nSPS) is 10.5. The molecular weight excluding hydrogens is 408 g/mol. The lowest BCUT2D eigenvalue weighted by molar-refractivity contribution is 0.284. The van der Waals surface area contributed by atoms with Crippen LogP contribution < -0.4 is 14.9 Å². The standard InChI is InChI=1S/C17H16BrClN4O2/c1-24-16-6-13(8-22-23-10-20-21-11-23)15(18)7-17(16)25-9-12-2-4-14(19)5-3-12/h2-7,10-11,22H,8-9H2,1H3. The number of rotatable bonds is 7. The maximum atomic E-state index is 5.90. The zero-order valence-corrected chi connectivity index (χ0v) is 15.8. The zero-order valence-electron chi connectivity index (χ0n) is 13.4. The summed E-state index contributed by atoms with van der Waals surface area (Å²) < 4.78 is 14.0. The number of halogens is 2. The molecule has 0 saturated heterocycles. The van der Waals surface area contributed by atoms with Crippen LogP contribution in [0.15, 0.2) is 53.5 Å². The third-order valence-corrected chi connectivity index (χ3v) is 4.50. The number of methoxy groups -OCH3 is 1. The number of nitrogens with zero attached hydrogens (tertiary/aromatic N) is 3. The third kappa shape index (κ3) is 4.64. The lowest BCUT2D eigenvalue weighted by Gasteiger charge is -2.15. The fourth-order valence-corrected chi connectivity index (χ4v) is 2.77. The molecule has 0 saturated carbocycles. The summed E-state index contributed by atoms with van der Waals surface area (Å²) in [6.45, 7) is 1.00. The number of hydrogen-bond acceptors (Lipinski definition) is 5. The van der Waals surface area contributed by atoms with Crippen LogP contribution in [-0.2, 0) is 13.2 Å². The van der Waals surface area contributed by atoms with Gasteiger partial charge in [-0.25, -0.2) is 4.68 Å². The van der Waals surface area contributed by atoms with E-state index in [1.807, 2.05) is 36.4 Å². The van der Waals surface area contributed by atoms with E-state index in [0.717, 1.165) is 15.6 Å². The predicted octanol–water partition coefficient (Wildman–Crippen LogP) is 4.03. The minimum absolute atomic E-state index is 0.429. The molecule has 0 radical (unpaired) electrons. The molecule has 0 bridgehead atoms. The molecule has 25 heavy (non-hydrogen) atoms. The van der Waals surface area contributed by atoms with Crippen molar-refractivity contribution in [2.75, 3.05) is 12.5 Å². The molecule has 1 heterocycles. The molecule has 130 valence electrons. The molecule has 3 rings (SSSR count). The fourth-order valence-electron chi connectivity index (χ4n) is 2.19. The molecule has 0 amide bonds. The SMILES string of the molecule is COc1cc(CNn2cnnc2)c(Br)cc1OCc1ccc(Cl)cc1. The quantitative estimate of drug-likeness (QED) is 0.622. The van der Waals surface area contributed by atoms with Gasteiger partial charge >= 0.3 is 0 Å². The van der Waals surface area contributed by atoms with Crippen LogP contribution in [0.5, 0.6) is 11.5 Å². The highest BCUT2D eigenvalue weighted by molar-refractivity contribution is 9.10. The lowest BCUT2D eigenvalue weighted by Crippen LogP contribution is -2.12. The molecule has 2 aromatic carbocycles. The summed E-state index contributed by atoms with van der Waals surface area (Å²) >= 11 is 9.48. The molecule has 0 spiro atoms. The van der Waals surface area contributed by atoms with Gasteiger partial charge in [-0.15, -0.1) is 10.2 Å². The molecule has 0 aliphatic rings. The Hall–Kier alpha value is -2.25. The van der Waals surface area contributed by atoms with Crippen LogP contribution in [0, 0.1) is 0 Å². The van der Waals surface area contributed by atoms with E-state index in [1.54, 1.807) is 24.4 Å². The highest BCUT2D eigenvalue weighted by Crippen LogP contribution is 2.34. The number of nitrogens with one attached hydrogen (secondary N) is 1. The Labute approximate surface area is 158 Å². The Bertz CT molecular complexity index is 825. The van der Waals surface area contributed by atoms with Crippen molar-refractivity contribution in [3.05, 3.63) is 69.7 Å². The van der Waals surface area contributed by atoms with Crippen molar-refractivity contribution >= 4 is 27.5 Å². The molecule has 1 aromatic heterocycles. The summed E-state index contributed by atoms with van der Waals surface area (Å²) in [6, 6.07) is 11.4. The largest absolute Gasteiger partial charge is 0.493 e. The molecule has 1 N–H and O–H groups in total. The van der Waals surface area contributed by atoms with Gasteiger partial charge in [0.2, 0.25) is 0 Å². The first kappa shape index (κ1) is 17.6. The second kappa shape index (κ2) is 8.22. The van der Waals surface area contributed by atoms with E-state index in [4.69, 9.17) is 21.1 Å². The number of ether oxygens (including phenoxy) is 2. The molecule has 0 aliphatic heterocycles. The first-order chi connectivity index (χ1) is 12.2. The number of hydrogen-bond donors (Lipinski definition) is 1. The van der Waals surface area contributed by atoms with E-state index in [-0.39, 0.29) is 0 Å². The van der Waals surface area contributed by atoms with Gasteiger partial charge in [-0.05, 0) is 35.4 Å². The number of benzene rings is 2.